The zero-order valence-corrected chi connectivity index (χ0v) is 14.4. The first-order valence-electron chi connectivity index (χ1n) is 8.84. The first-order valence-corrected chi connectivity index (χ1v) is 8.84. The summed E-state index contributed by atoms with van der Waals surface area (Å²) in [7, 11) is 0. The van der Waals surface area contributed by atoms with E-state index in [-0.39, 0.29) is 0 Å². The smallest absolute Gasteiger partial charge is 0.245 e. The molecule has 1 aliphatic rings. The average Bonchev–Trinajstić information content (AvgIpc) is 3.21. The van der Waals surface area contributed by atoms with Gasteiger partial charge in [0.2, 0.25) is 11.3 Å². The third kappa shape index (κ3) is 3.40. The zero-order chi connectivity index (χ0) is 17.1. The molecule has 3 aromatic heterocycles. The first-order chi connectivity index (χ1) is 12.3. The number of aryl methyl sites for hydroxylation is 1. The molecule has 0 aromatic carbocycles. The number of nitrogens with zero attached hydrogens (tertiary/aromatic N) is 7. The highest BCUT2D eigenvalue weighted by atomic mass is 16.6. The van der Waals surface area contributed by atoms with E-state index in [9.17, 15) is 0 Å². The number of hydrogen-bond acceptors (Lipinski definition) is 8. The monoisotopic (exact) mass is 342 g/mol. The highest BCUT2D eigenvalue weighted by Gasteiger charge is 2.19. The Morgan fingerprint density at radius 2 is 1.84 bits per heavy atom. The Hall–Kier alpha value is -2.71. The second kappa shape index (κ2) is 7.04. The van der Waals surface area contributed by atoms with Gasteiger partial charge < -0.3 is 10.2 Å². The third-order valence-electron chi connectivity index (χ3n) is 4.47. The maximum absolute atomic E-state index is 4.78. The molecule has 25 heavy (non-hydrogen) atoms. The Morgan fingerprint density at radius 1 is 1.08 bits per heavy atom. The summed E-state index contributed by atoms with van der Waals surface area (Å²) in [4.78, 5) is 11.5. The van der Waals surface area contributed by atoms with Crippen LogP contribution in [0.3, 0.4) is 0 Å². The fourth-order valence-electron chi connectivity index (χ4n) is 3.11. The van der Waals surface area contributed by atoms with Crippen molar-refractivity contribution in [1.29, 1.82) is 0 Å². The molecule has 1 aliphatic heterocycles. The van der Waals surface area contributed by atoms with E-state index >= 15 is 0 Å². The summed E-state index contributed by atoms with van der Waals surface area (Å²) in [6, 6.07) is 0. The lowest BCUT2D eigenvalue weighted by Crippen LogP contribution is -2.26. The largest absolute Gasteiger partial charge is 0.363 e. The summed E-state index contributed by atoms with van der Waals surface area (Å²) in [6.45, 7) is 5.52. The first kappa shape index (κ1) is 15.8. The minimum Gasteiger partial charge on any atom is -0.363 e. The van der Waals surface area contributed by atoms with Gasteiger partial charge in [0.25, 0.3) is 0 Å². The van der Waals surface area contributed by atoms with E-state index in [0.717, 1.165) is 31.0 Å². The van der Waals surface area contributed by atoms with Gasteiger partial charge in [0, 0.05) is 37.9 Å². The number of hydrogen-bond donors (Lipinski definition) is 1. The van der Waals surface area contributed by atoms with E-state index in [0.29, 0.717) is 23.7 Å². The molecule has 3 aromatic rings. The quantitative estimate of drug-likeness (QED) is 0.754. The van der Waals surface area contributed by atoms with E-state index in [1.807, 2.05) is 17.1 Å². The van der Waals surface area contributed by atoms with Gasteiger partial charge in [0.15, 0.2) is 11.6 Å². The highest BCUT2D eigenvalue weighted by molar-refractivity contribution is 5.74. The Balaban J connectivity index is 1.61. The molecule has 0 bridgehead atoms. The lowest BCUT2D eigenvalue weighted by atomic mass is 10.2. The molecule has 0 saturated carbocycles. The minimum atomic E-state index is 0.422. The molecule has 1 saturated heterocycles. The Morgan fingerprint density at radius 3 is 2.56 bits per heavy atom. The van der Waals surface area contributed by atoms with Gasteiger partial charge >= 0.3 is 0 Å². The summed E-state index contributed by atoms with van der Waals surface area (Å²) in [5.41, 5.74) is 1.97. The highest BCUT2D eigenvalue weighted by Crippen LogP contribution is 2.26. The van der Waals surface area contributed by atoms with Crippen LogP contribution in [0.2, 0.25) is 0 Å². The normalized spacial score (nSPS) is 15.5. The molecule has 4 heterocycles. The summed E-state index contributed by atoms with van der Waals surface area (Å²) < 4.78 is 6.69. The van der Waals surface area contributed by atoms with Gasteiger partial charge in [0.1, 0.15) is 0 Å². The molecular weight excluding hydrogens is 320 g/mol. The number of nitrogens with one attached hydrogen (secondary N) is 1. The molecular formula is C16H22N8O. The lowest BCUT2D eigenvalue weighted by molar-refractivity contribution is 0.314. The summed E-state index contributed by atoms with van der Waals surface area (Å²) in [5.74, 6) is 1.54. The van der Waals surface area contributed by atoms with E-state index in [1.165, 1.54) is 25.7 Å². The van der Waals surface area contributed by atoms with Gasteiger partial charge in [-0.2, -0.15) is 5.10 Å². The number of anilines is 2. The van der Waals surface area contributed by atoms with Gasteiger partial charge in [-0.05, 0) is 30.1 Å². The summed E-state index contributed by atoms with van der Waals surface area (Å²) in [6.07, 6.45) is 8.75. The van der Waals surface area contributed by atoms with Crippen molar-refractivity contribution in [1.82, 2.24) is 30.1 Å². The number of fused-ring (bicyclic) bond motifs is 1. The predicted molar refractivity (Wildman–Crippen MR) is 93.3 cm³/mol. The van der Waals surface area contributed by atoms with Crippen molar-refractivity contribution in [3.05, 3.63) is 18.0 Å². The second-order valence-electron chi connectivity index (χ2n) is 6.27. The van der Waals surface area contributed by atoms with Crippen LogP contribution in [0.5, 0.6) is 0 Å². The van der Waals surface area contributed by atoms with Crippen LogP contribution < -0.4 is 10.2 Å². The van der Waals surface area contributed by atoms with Crippen LogP contribution in [0.1, 0.15) is 38.2 Å². The molecule has 4 rings (SSSR count). The van der Waals surface area contributed by atoms with Crippen molar-refractivity contribution >= 4 is 22.9 Å². The summed E-state index contributed by atoms with van der Waals surface area (Å²) in [5, 5.41) is 15.4. The van der Waals surface area contributed by atoms with Crippen molar-refractivity contribution in [3.63, 3.8) is 0 Å². The van der Waals surface area contributed by atoms with Gasteiger partial charge in [-0.25, -0.2) is 14.6 Å². The Labute approximate surface area is 145 Å². The van der Waals surface area contributed by atoms with Gasteiger partial charge in [-0.3, -0.25) is 4.68 Å². The lowest BCUT2D eigenvalue weighted by Gasteiger charge is -2.23. The van der Waals surface area contributed by atoms with E-state index in [1.54, 1.807) is 0 Å². The predicted octanol–water partition coefficient (Wildman–Crippen LogP) is 2.22. The van der Waals surface area contributed by atoms with Gasteiger partial charge in [0.05, 0.1) is 6.20 Å². The van der Waals surface area contributed by atoms with Crippen molar-refractivity contribution in [2.75, 3.05) is 23.3 Å². The SMILES string of the molecule is CCn1cc(CNc2nc3nonc3nc2N2CCCCCC2)cn1. The van der Waals surface area contributed by atoms with Crippen LogP contribution in [-0.2, 0) is 13.1 Å². The fraction of sp³-hybridized carbons (Fsp3) is 0.562. The van der Waals surface area contributed by atoms with Crippen LogP contribution in [0, 0.1) is 0 Å². The zero-order valence-electron chi connectivity index (χ0n) is 14.4. The van der Waals surface area contributed by atoms with Crippen molar-refractivity contribution in [3.8, 4) is 0 Å². The molecule has 0 spiro atoms. The second-order valence-corrected chi connectivity index (χ2v) is 6.27. The van der Waals surface area contributed by atoms with E-state index in [4.69, 9.17) is 4.63 Å². The van der Waals surface area contributed by atoms with Gasteiger partial charge in [-0.1, -0.05) is 12.8 Å². The molecule has 132 valence electrons. The molecule has 0 aliphatic carbocycles. The molecule has 0 atom stereocenters. The van der Waals surface area contributed by atoms with Crippen LogP contribution in [-0.4, -0.2) is 43.2 Å². The van der Waals surface area contributed by atoms with Crippen LogP contribution in [0.25, 0.3) is 11.3 Å². The van der Waals surface area contributed by atoms with Crippen LogP contribution in [0.4, 0.5) is 11.6 Å². The molecule has 1 fully saturated rings. The molecule has 0 amide bonds. The third-order valence-corrected chi connectivity index (χ3v) is 4.47. The molecule has 9 heteroatoms. The topological polar surface area (TPSA) is 97.8 Å². The standard InChI is InChI=1S/C16H22N8O/c1-2-24-11-12(10-18-24)9-17-15-16(23-7-5-3-4-6-8-23)20-14-13(19-15)21-25-22-14/h10-11H,2-9H2,1H3,(H,17,19,21). The van der Waals surface area contributed by atoms with Gasteiger partial charge in [-0.15, -0.1) is 0 Å². The molecule has 9 nitrogen and oxygen atoms in total. The molecule has 0 unspecified atom stereocenters. The fourth-order valence-corrected chi connectivity index (χ4v) is 3.11. The Kier molecular flexibility index (Phi) is 4.45. The maximum atomic E-state index is 4.78. The van der Waals surface area contributed by atoms with Crippen molar-refractivity contribution in [2.45, 2.75) is 45.7 Å². The van der Waals surface area contributed by atoms with Crippen molar-refractivity contribution < 1.29 is 4.63 Å². The number of aromatic nitrogens is 6. The summed E-state index contributed by atoms with van der Waals surface area (Å²) >= 11 is 0. The van der Waals surface area contributed by atoms with E-state index in [2.05, 4.69) is 42.5 Å². The molecule has 1 N–H and O–H groups in total. The Bertz CT molecular complexity index is 834. The van der Waals surface area contributed by atoms with Crippen LogP contribution in [0.15, 0.2) is 17.0 Å². The minimum absolute atomic E-state index is 0.422. The van der Waals surface area contributed by atoms with E-state index < -0.39 is 0 Å². The maximum Gasteiger partial charge on any atom is 0.245 e. The number of rotatable bonds is 5. The van der Waals surface area contributed by atoms with Crippen molar-refractivity contribution in [2.24, 2.45) is 0 Å². The molecule has 0 radical (unpaired) electrons. The average molecular weight is 342 g/mol. The van der Waals surface area contributed by atoms with Crippen LogP contribution >= 0.6 is 0 Å².